The Morgan fingerprint density at radius 1 is 1.12 bits per heavy atom. The molecule has 2 aromatic carbocycles. The van der Waals surface area contributed by atoms with Gasteiger partial charge in [-0.3, -0.25) is 0 Å². The SMILES string of the molecule is CCCCOc1ccc(/C=N/NS(=O)(=O)c2ccc(Br)cc2)cc1. The third kappa shape index (κ3) is 5.65. The van der Waals surface area contributed by atoms with Crippen LogP contribution in [0.25, 0.3) is 0 Å². The molecule has 2 aromatic rings. The van der Waals surface area contributed by atoms with Crippen LogP contribution >= 0.6 is 15.9 Å². The molecule has 0 aromatic heterocycles. The number of rotatable bonds is 8. The number of hydrogen-bond acceptors (Lipinski definition) is 4. The number of nitrogens with one attached hydrogen (secondary N) is 1. The molecule has 2 rings (SSSR count). The fourth-order valence-electron chi connectivity index (χ4n) is 1.82. The number of sulfonamides is 1. The zero-order valence-corrected chi connectivity index (χ0v) is 15.7. The first-order chi connectivity index (χ1) is 11.5. The summed E-state index contributed by atoms with van der Waals surface area (Å²) < 4.78 is 30.5. The van der Waals surface area contributed by atoms with Gasteiger partial charge in [-0.1, -0.05) is 29.3 Å². The van der Waals surface area contributed by atoms with Crippen LogP contribution in [0, 0.1) is 0 Å². The van der Waals surface area contributed by atoms with Gasteiger partial charge in [-0.2, -0.15) is 13.5 Å². The number of unbranched alkanes of at least 4 members (excludes halogenated alkanes) is 1. The lowest BCUT2D eigenvalue weighted by molar-refractivity contribution is 0.309. The minimum absolute atomic E-state index is 0.155. The highest BCUT2D eigenvalue weighted by molar-refractivity contribution is 9.10. The van der Waals surface area contributed by atoms with E-state index in [0.29, 0.717) is 6.61 Å². The van der Waals surface area contributed by atoms with E-state index in [1.807, 2.05) is 24.3 Å². The molecule has 0 unspecified atom stereocenters. The second-order valence-electron chi connectivity index (χ2n) is 5.08. The van der Waals surface area contributed by atoms with Crippen LogP contribution in [0.3, 0.4) is 0 Å². The Kier molecular flexibility index (Phi) is 6.81. The maximum absolute atomic E-state index is 12.1. The summed E-state index contributed by atoms with van der Waals surface area (Å²) in [6.07, 6.45) is 3.55. The van der Waals surface area contributed by atoms with Gasteiger partial charge in [0.2, 0.25) is 0 Å². The van der Waals surface area contributed by atoms with Crippen LogP contribution in [0.15, 0.2) is 63.0 Å². The molecule has 0 aliphatic carbocycles. The average molecular weight is 411 g/mol. The summed E-state index contributed by atoms with van der Waals surface area (Å²) in [6.45, 7) is 2.80. The number of ether oxygens (including phenoxy) is 1. The van der Waals surface area contributed by atoms with E-state index in [1.54, 1.807) is 12.1 Å². The topological polar surface area (TPSA) is 67.8 Å². The summed E-state index contributed by atoms with van der Waals surface area (Å²) in [5.41, 5.74) is 0.774. The molecule has 0 aliphatic heterocycles. The lowest BCUT2D eigenvalue weighted by Gasteiger charge is -2.05. The van der Waals surface area contributed by atoms with Gasteiger partial charge in [-0.25, -0.2) is 4.83 Å². The summed E-state index contributed by atoms with van der Waals surface area (Å²) in [5, 5.41) is 3.80. The molecule has 5 nitrogen and oxygen atoms in total. The lowest BCUT2D eigenvalue weighted by Crippen LogP contribution is -2.18. The van der Waals surface area contributed by atoms with Crippen LogP contribution in [0.2, 0.25) is 0 Å². The molecule has 0 aliphatic rings. The highest BCUT2D eigenvalue weighted by atomic mass is 79.9. The third-order valence-corrected chi connectivity index (χ3v) is 4.92. The van der Waals surface area contributed by atoms with Gasteiger partial charge < -0.3 is 4.74 Å². The smallest absolute Gasteiger partial charge is 0.276 e. The molecule has 0 heterocycles. The standard InChI is InChI=1S/C17H19BrN2O3S/c1-2-3-12-23-16-8-4-14(5-9-16)13-19-20-24(21,22)17-10-6-15(18)7-11-17/h4-11,13,20H,2-3,12H2,1H3/b19-13+. The van der Waals surface area contributed by atoms with Crippen LogP contribution in [0.4, 0.5) is 0 Å². The lowest BCUT2D eigenvalue weighted by atomic mass is 10.2. The molecule has 0 spiro atoms. The predicted molar refractivity (Wildman–Crippen MR) is 98.9 cm³/mol. The van der Waals surface area contributed by atoms with Crippen molar-refractivity contribution in [3.63, 3.8) is 0 Å². The van der Waals surface area contributed by atoms with Gasteiger partial charge in [-0.15, -0.1) is 0 Å². The van der Waals surface area contributed by atoms with Crippen molar-refractivity contribution in [2.24, 2.45) is 5.10 Å². The van der Waals surface area contributed by atoms with Crippen molar-refractivity contribution in [2.45, 2.75) is 24.7 Å². The second kappa shape index (κ2) is 8.84. The largest absolute Gasteiger partial charge is 0.494 e. The Labute approximate surface area is 150 Å². The number of hydrogen-bond donors (Lipinski definition) is 1. The maximum Gasteiger partial charge on any atom is 0.276 e. The van der Waals surface area contributed by atoms with Gasteiger partial charge in [-0.05, 0) is 60.5 Å². The third-order valence-electron chi connectivity index (χ3n) is 3.16. The maximum atomic E-state index is 12.1. The van der Waals surface area contributed by atoms with Gasteiger partial charge in [0.15, 0.2) is 0 Å². The Morgan fingerprint density at radius 3 is 2.42 bits per heavy atom. The van der Waals surface area contributed by atoms with E-state index in [2.05, 4.69) is 32.8 Å². The molecule has 0 saturated carbocycles. The molecule has 1 N–H and O–H groups in total. The first-order valence-electron chi connectivity index (χ1n) is 7.54. The number of benzene rings is 2. The van der Waals surface area contributed by atoms with E-state index in [-0.39, 0.29) is 4.90 Å². The molecule has 24 heavy (non-hydrogen) atoms. The molecule has 0 saturated heterocycles. The Hall–Kier alpha value is -1.86. The number of nitrogens with zero attached hydrogens (tertiary/aromatic N) is 1. The summed E-state index contributed by atoms with van der Waals surface area (Å²) in [7, 11) is -3.66. The normalized spacial score (nSPS) is 11.6. The van der Waals surface area contributed by atoms with E-state index < -0.39 is 10.0 Å². The Bertz CT molecular complexity index is 772. The highest BCUT2D eigenvalue weighted by Crippen LogP contribution is 2.14. The molecule has 0 fully saturated rings. The monoisotopic (exact) mass is 410 g/mol. The van der Waals surface area contributed by atoms with Crippen molar-refractivity contribution >= 4 is 32.2 Å². The van der Waals surface area contributed by atoms with Gasteiger partial charge in [0.05, 0.1) is 17.7 Å². The molecular formula is C17H19BrN2O3S. The first-order valence-corrected chi connectivity index (χ1v) is 9.82. The van der Waals surface area contributed by atoms with Crippen LogP contribution in [-0.2, 0) is 10.0 Å². The molecule has 0 amide bonds. The average Bonchev–Trinajstić information content (AvgIpc) is 2.57. The van der Waals surface area contributed by atoms with E-state index in [9.17, 15) is 8.42 Å². The molecule has 128 valence electrons. The zero-order chi connectivity index (χ0) is 17.4. The van der Waals surface area contributed by atoms with Crippen molar-refractivity contribution in [1.29, 1.82) is 0 Å². The Morgan fingerprint density at radius 2 is 1.79 bits per heavy atom. The van der Waals surface area contributed by atoms with Crippen LogP contribution < -0.4 is 9.57 Å². The second-order valence-corrected chi connectivity index (χ2v) is 7.65. The molecule has 0 radical (unpaired) electrons. The van der Waals surface area contributed by atoms with E-state index in [4.69, 9.17) is 4.74 Å². The minimum Gasteiger partial charge on any atom is -0.494 e. The fourth-order valence-corrected chi connectivity index (χ4v) is 2.88. The highest BCUT2D eigenvalue weighted by Gasteiger charge is 2.11. The van der Waals surface area contributed by atoms with Gasteiger partial charge in [0, 0.05) is 4.47 Å². The van der Waals surface area contributed by atoms with E-state index >= 15 is 0 Å². The van der Waals surface area contributed by atoms with Gasteiger partial charge >= 0.3 is 0 Å². The van der Waals surface area contributed by atoms with Crippen molar-refractivity contribution in [3.8, 4) is 5.75 Å². The summed E-state index contributed by atoms with van der Waals surface area (Å²) >= 11 is 3.27. The summed E-state index contributed by atoms with van der Waals surface area (Å²) in [6, 6.07) is 13.6. The van der Waals surface area contributed by atoms with E-state index in [1.165, 1.54) is 18.3 Å². The first kappa shape index (κ1) is 18.5. The van der Waals surface area contributed by atoms with Crippen molar-refractivity contribution in [2.75, 3.05) is 6.61 Å². The number of hydrazone groups is 1. The molecule has 0 atom stereocenters. The van der Waals surface area contributed by atoms with Crippen LogP contribution in [0.5, 0.6) is 5.75 Å². The Balaban J connectivity index is 1.94. The minimum atomic E-state index is -3.66. The van der Waals surface area contributed by atoms with Gasteiger partial charge in [0.25, 0.3) is 10.0 Å². The van der Waals surface area contributed by atoms with E-state index in [0.717, 1.165) is 28.6 Å². The summed E-state index contributed by atoms with van der Waals surface area (Å²) in [4.78, 5) is 2.35. The van der Waals surface area contributed by atoms with Gasteiger partial charge in [0.1, 0.15) is 5.75 Å². The van der Waals surface area contributed by atoms with Crippen LogP contribution in [0.1, 0.15) is 25.3 Å². The predicted octanol–water partition coefficient (Wildman–Crippen LogP) is 3.94. The molecule has 7 heteroatoms. The van der Waals surface area contributed by atoms with Crippen molar-refractivity contribution in [1.82, 2.24) is 4.83 Å². The molecule has 0 bridgehead atoms. The van der Waals surface area contributed by atoms with Crippen molar-refractivity contribution in [3.05, 3.63) is 58.6 Å². The summed E-state index contributed by atoms with van der Waals surface area (Å²) in [5.74, 6) is 0.788. The van der Waals surface area contributed by atoms with Crippen LogP contribution in [-0.4, -0.2) is 21.2 Å². The van der Waals surface area contributed by atoms with Crippen molar-refractivity contribution < 1.29 is 13.2 Å². The fraction of sp³-hybridized carbons (Fsp3) is 0.235. The number of halogens is 1. The molecular weight excluding hydrogens is 392 g/mol. The zero-order valence-electron chi connectivity index (χ0n) is 13.3. The quantitative estimate of drug-likeness (QED) is 0.407.